The number of anilines is 1. The molecule has 2 N–H and O–H groups in total. The average Bonchev–Trinajstić information content (AvgIpc) is 2.54. The van der Waals surface area contributed by atoms with Crippen LogP contribution in [0.25, 0.3) is 0 Å². The first kappa shape index (κ1) is 18.4. The molecule has 0 saturated carbocycles. The summed E-state index contributed by atoms with van der Waals surface area (Å²) in [5.74, 6) is -0.911. The van der Waals surface area contributed by atoms with E-state index in [2.05, 4.69) is 15.4 Å². The van der Waals surface area contributed by atoms with Crippen molar-refractivity contribution in [2.75, 3.05) is 31.8 Å². The van der Waals surface area contributed by atoms with Gasteiger partial charge >= 0.3 is 5.97 Å². The van der Waals surface area contributed by atoms with Crippen LogP contribution in [0.4, 0.5) is 5.69 Å². The molecule has 0 aliphatic carbocycles. The molecule has 132 valence electrons. The Bertz CT molecular complexity index is 724. The van der Waals surface area contributed by atoms with Gasteiger partial charge in [0.25, 0.3) is 0 Å². The van der Waals surface area contributed by atoms with Crippen molar-refractivity contribution in [1.82, 2.24) is 5.32 Å². The summed E-state index contributed by atoms with van der Waals surface area (Å²) in [7, 11) is -2.26. The topological polar surface area (TPSA) is 102 Å². The largest absolute Gasteiger partial charge is 0.469 e. The summed E-state index contributed by atoms with van der Waals surface area (Å²) in [5.41, 5.74) is 1.14. The van der Waals surface area contributed by atoms with Crippen molar-refractivity contribution < 1.29 is 22.7 Å². The fourth-order valence-electron chi connectivity index (χ4n) is 2.84. The van der Waals surface area contributed by atoms with Crippen molar-refractivity contribution in [1.29, 1.82) is 0 Å². The van der Waals surface area contributed by atoms with E-state index in [0.29, 0.717) is 24.3 Å². The maximum atomic E-state index is 12.7. The van der Waals surface area contributed by atoms with Gasteiger partial charge in [0, 0.05) is 11.9 Å². The van der Waals surface area contributed by atoms with Gasteiger partial charge in [-0.1, -0.05) is 12.1 Å². The van der Waals surface area contributed by atoms with Gasteiger partial charge in [-0.15, -0.1) is 0 Å². The standard InChI is InChI=1S/C16H22N2O5S/c1-23-14(19)11-12-4-3-5-13(10-12)18-15(20)16(24(2,21)22)6-8-17-9-7-16/h3-5,10,17H,6-9,11H2,1-2H3,(H,18,20). The zero-order valence-electron chi connectivity index (χ0n) is 13.8. The first-order valence-electron chi connectivity index (χ1n) is 7.66. The SMILES string of the molecule is COC(=O)Cc1cccc(NC(=O)C2(S(C)(=O)=O)CCNCC2)c1. The average molecular weight is 354 g/mol. The third-order valence-electron chi connectivity index (χ3n) is 4.30. The minimum absolute atomic E-state index is 0.0847. The first-order valence-corrected chi connectivity index (χ1v) is 9.55. The molecule has 1 amide bonds. The second-order valence-corrected chi connectivity index (χ2v) is 8.25. The lowest BCUT2D eigenvalue weighted by Gasteiger charge is -2.34. The minimum Gasteiger partial charge on any atom is -0.469 e. The van der Waals surface area contributed by atoms with E-state index in [9.17, 15) is 18.0 Å². The fraction of sp³-hybridized carbons (Fsp3) is 0.500. The lowest BCUT2D eigenvalue weighted by Crippen LogP contribution is -2.55. The predicted octanol–water partition coefficient (Wildman–Crippen LogP) is 0.507. The van der Waals surface area contributed by atoms with Crippen molar-refractivity contribution in [3.8, 4) is 0 Å². The van der Waals surface area contributed by atoms with Crippen molar-refractivity contribution in [3.63, 3.8) is 0 Å². The van der Waals surface area contributed by atoms with E-state index >= 15 is 0 Å². The molecule has 1 aliphatic rings. The van der Waals surface area contributed by atoms with Crippen LogP contribution in [0.3, 0.4) is 0 Å². The van der Waals surface area contributed by atoms with Crippen LogP contribution < -0.4 is 10.6 Å². The molecule has 1 saturated heterocycles. The third kappa shape index (κ3) is 3.93. The van der Waals surface area contributed by atoms with Crippen molar-refractivity contribution >= 4 is 27.4 Å². The highest BCUT2D eigenvalue weighted by Gasteiger charge is 2.48. The summed E-state index contributed by atoms with van der Waals surface area (Å²) in [4.78, 5) is 24.1. The summed E-state index contributed by atoms with van der Waals surface area (Å²) in [6.45, 7) is 0.950. The highest BCUT2D eigenvalue weighted by Crippen LogP contribution is 2.29. The van der Waals surface area contributed by atoms with Crippen LogP contribution in [0.15, 0.2) is 24.3 Å². The molecular formula is C16H22N2O5S. The van der Waals surface area contributed by atoms with E-state index < -0.39 is 20.5 Å². The van der Waals surface area contributed by atoms with E-state index in [1.807, 2.05) is 0 Å². The van der Waals surface area contributed by atoms with Crippen molar-refractivity contribution in [2.24, 2.45) is 0 Å². The summed E-state index contributed by atoms with van der Waals surface area (Å²) in [6, 6.07) is 6.74. The van der Waals surface area contributed by atoms with Gasteiger partial charge in [0.05, 0.1) is 13.5 Å². The number of methoxy groups -OCH3 is 1. The van der Waals surface area contributed by atoms with Crippen LogP contribution >= 0.6 is 0 Å². The molecule has 0 bridgehead atoms. The first-order chi connectivity index (χ1) is 11.3. The lowest BCUT2D eigenvalue weighted by molar-refractivity contribution is -0.139. The number of rotatable bonds is 5. The second-order valence-electron chi connectivity index (χ2n) is 5.92. The summed E-state index contributed by atoms with van der Waals surface area (Å²) in [5, 5.41) is 5.76. The molecule has 1 aromatic carbocycles. The third-order valence-corrected chi connectivity index (χ3v) is 6.31. The van der Waals surface area contributed by atoms with E-state index in [-0.39, 0.29) is 25.2 Å². The molecule has 0 aromatic heterocycles. The van der Waals surface area contributed by atoms with E-state index in [1.165, 1.54) is 7.11 Å². The molecule has 1 fully saturated rings. The fourth-order valence-corrected chi connectivity index (χ4v) is 4.17. The van der Waals surface area contributed by atoms with Gasteiger partial charge in [-0.05, 0) is 43.6 Å². The van der Waals surface area contributed by atoms with E-state index in [0.717, 1.165) is 6.26 Å². The number of benzene rings is 1. The quantitative estimate of drug-likeness (QED) is 0.747. The lowest BCUT2D eigenvalue weighted by atomic mass is 9.95. The molecule has 24 heavy (non-hydrogen) atoms. The Labute approximate surface area is 141 Å². The Morgan fingerprint density at radius 1 is 1.29 bits per heavy atom. The highest BCUT2D eigenvalue weighted by atomic mass is 32.2. The number of piperidine rings is 1. The number of nitrogens with one attached hydrogen (secondary N) is 2. The summed E-state index contributed by atoms with van der Waals surface area (Å²) >= 11 is 0. The zero-order valence-corrected chi connectivity index (χ0v) is 14.6. The molecule has 8 heteroatoms. The molecule has 0 radical (unpaired) electrons. The number of hydrogen-bond donors (Lipinski definition) is 2. The number of amides is 1. The number of esters is 1. The molecule has 0 unspecified atom stereocenters. The van der Waals surface area contributed by atoms with E-state index in [1.54, 1.807) is 24.3 Å². The molecule has 2 rings (SSSR count). The molecular weight excluding hydrogens is 332 g/mol. The summed E-state index contributed by atoms with van der Waals surface area (Å²) in [6.07, 6.45) is 1.66. The number of ether oxygens (including phenoxy) is 1. The van der Waals surface area contributed by atoms with Gasteiger partial charge < -0.3 is 15.4 Å². The van der Waals surface area contributed by atoms with Crippen LogP contribution in [0.2, 0.25) is 0 Å². The van der Waals surface area contributed by atoms with Crippen molar-refractivity contribution in [3.05, 3.63) is 29.8 Å². The second kappa shape index (κ2) is 7.31. The van der Waals surface area contributed by atoms with Crippen LogP contribution in [0.5, 0.6) is 0 Å². The van der Waals surface area contributed by atoms with Crippen LogP contribution in [0, 0.1) is 0 Å². The Morgan fingerprint density at radius 2 is 1.96 bits per heavy atom. The Hall–Kier alpha value is -1.93. The Balaban J connectivity index is 2.21. The normalized spacial score (nSPS) is 17.1. The highest BCUT2D eigenvalue weighted by molar-refractivity contribution is 7.92. The smallest absolute Gasteiger partial charge is 0.309 e. The predicted molar refractivity (Wildman–Crippen MR) is 90.5 cm³/mol. The molecule has 1 heterocycles. The molecule has 1 aliphatic heterocycles. The maximum absolute atomic E-state index is 12.7. The molecule has 1 aromatic rings. The van der Waals surface area contributed by atoms with Gasteiger partial charge in [-0.25, -0.2) is 8.42 Å². The number of carbonyl (C=O) groups excluding carboxylic acids is 2. The Kier molecular flexibility index (Phi) is 5.61. The number of sulfone groups is 1. The monoisotopic (exact) mass is 354 g/mol. The molecule has 0 spiro atoms. The van der Waals surface area contributed by atoms with Crippen LogP contribution in [-0.2, 0) is 30.6 Å². The van der Waals surface area contributed by atoms with Crippen LogP contribution in [0.1, 0.15) is 18.4 Å². The minimum atomic E-state index is -3.57. The summed E-state index contributed by atoms with van der Waals surface area (Å²) < 4.78 is 27.7. The number of carbonyl (C=O) groups is 2. The van der Waals surface area contributed by atoms with Gasteiger partial charge in [-0.3, -0.25) is 9.59 Å². The van der Waals surface area contributed by atoms with Gasteiger partial charge in [0.15, 0.2) is 14.6 Å². The van der Waals surface area contributed by atoms with Crippen LogP contribution in [-0.4, -0.2) is 51.5 Å². The molecule has 7 nitrogen and oxygen atoms in total. The molecule has 0 atom stereocenters. The maximum Gasteiger partial charge on any atom is 0.309 e. The van der Waals surface area contributed by atoms with Gasteiger partial charge in [0.1, 0.15) is 0 Å². The van der Waals surface area contributed by atoms with Gasteiger partial charge in [0.2, 0.25) is 5.91 Å². The van der Waals surface area contributed by atoms with Gasteiger partial charge in [-0.2, -0.15) is 0 Å². The Morgan fingerprint density at radius 3 is 2.54 bits per heavy atom. The number of hydrogen-bond acceptors (Lipinski definition) is 6. The van der Waals surface area contributed by atoms with E-state index in [4.69, 9.17) is 0 Å². The zero-order chi connectivity index (χ0) is 17.8. The van der Waals surface area contributed by atoms with Crippen molar-refractivity contribution in [2.45, 2.75) is 24.0 Å².